The van der Waals surface area contributed by atoms with E-state index in [1.807, 2.05) is 4.90 Å². The van der Waals surface area contributed by atoms with E-state index in [9.17, 15) is 10.1 Å². The first-order valence-electron chi connectivity index (χ1n) is 5.49. The quantitative estimate of drug-likeness (QED) is 0.387. The first kappa shape index (κ1) is 12.5. The van der Waals surface area contributed by atoms with Gasteiger partial charge in [0.15, 0.2) is 10.9 Å². The minimum Gasteiger partial charge on any atom is -0.400 e. The van der Waals surface area contributed by atoms with Gasteiger partial charge in [-0.3, -0.25) is 15.5 Å². The number of nitrogens with one attached hydrogen (secondary N) is 1. The maximum atomic E-state index is 10.4. The Balaban J connectivity index is 1.86. The highest BCUT2D eigenvalue weighted by Gasteiger charge is 2.14. The van der Waals surface area contributed by atoms with Crippen LogP contribution in [0.5, 0.6) is 0 Å². The molecule has 1 aliphatic rings. The number of furan rings is 1. The molecule has 1 aromatic heterocycles. The van der Waals surface area contributed by atoms with E-state index in [2.05, 4.69) is 10.5 Å². The van der Waals surface area contributed by atoms with Crippen LogP contribution >= 0.6 is 12.2 Å². The van der Waals surface area contributed by atoms with Crippen LogP contribution in [0, 0.1) is 10.1 Å². The van der Waals surface area contributed by atoms with E-state index in [1.54, 1.807) is 0 Å². The second-order valence-corrected chi connectivity index (χ2v) is 4.19. The third-order valence-corrected chi connectivity index (χ3v) is 2.89. The van der Waals surface area contributed by atoms with Crippen molar-refractivity contribution in [2.24, 2.45) is 5.10 Å². The zero-order chi connectivity index (χ0) is 13.0. The summed E-state index contributed by atoms with van der Waals surface area (Å²) in [6, 6.07) is 2.75. The zero-order valence-corrected chi connectivity index (χ0v) is 10.4. The number of nitro groups is 1. The third-order valence-electron chi connectivity index (χ3n) is 2.54. The highest BCUT2D eigenvalue weighted by atomic mass is 32.1. The van der Waals surface area contributed by atoms with Crippen LogP contribution < -0.4 is 5.43 Å². The van der Waals surface area contributed by atoms with Crippen LogP contribution in [-0.2, 0) is 0 Å². The standard InChI is InChI=1S/C10H12N4O3S/c15-14(16)9-4-3-8(17-9)7-11-12-10(18)13-5-1-2-6-13/h3-4,7H,1-2,5-6H2,(H,12,18)/b11-7+. The summed E-state index contributed by atoms with van der Waals surface area (Å²) >= 11 is 5.14. The summed E-state index contributed by atoms with van der Waals surface area (Å²) < 4.78 is 4.91. The molecule has 0 unspecified atom stereocenters. The number of thiocarbonyl (C=S) groups is 1. The third kappa shape index (κ3) is 3.04. The molecule has 0 aliphatic carbocycles. The molecule has 1 N–H and O–H groups in total. The Morgan fingerprint density at radius 3 is 2.89 bits per heavy atom. The van der Waals surface area contributed by atoms with Crippen molar-refractivity contribution in [2.75, 3.05) is 13.1 Å². The van der Waals surface area contributed by atoms with Crippen LogP contribution in [0.1, 0.15) is 18.6 Å². The van der Waals surface area contributed by atoms with Crippen LogP contribution in [-0.4, -0.2) is 34.2 Å². The summed E-state index contributed by atoms with van der Waals surface area (Å²) in [6.07, 6.45) is 3.63. The largest absolute Gasteiger partial charge is 0.433 e. The van der Waals surface area contributed by atoms with Crippen molar-refractivity contribution in [1.82, 2.24) is 10.3 Å². The predicted octanol–water partition coefficient (Wildman–Crippen LogP) is 1.49. The van der Waals surface area contributed by atoms with Crippen molar-refractivity contribution in [3.8, 4) is 0 Å². The molecule has 0 aromatic carbocycles. The SMILES string of the molecule is O=[N+]([O-])c1ccc(/C=N/NC(=S)N2CCCC2)o1. The Hall–Kier alpha value is -1.96. The van der Waals surface area contributed by atoms with E-state index >= 15 is 0 Å². The maximum Gasteiger partial charge on any atom is 0.433 e. The van der Waals surface area contributed by atoms with Crippen molar-refractivity contribution in [3.63, 3.8) is 0 Å². The van der Waals surface area contributed by atoms with Crippen LogP contribution in [0.3, 0.4) is 0 Å². The number of rotatable bonds is 3. The van der Waals surface area contributed by atoms with E-state index < -0.39 is 4.92 Å². The Kier molecular flexibility index (Phi) is 3.88. The van der Waals surface area contributed by atoms with E-state index in [0.29, 0.717) is 10.9 Å². The van der Waals surface area contributed by atoms with E-state index in [4.69, 9.17) is 16.6 Å². The normalized spacial score (nSPS) is 15.2. The zero-order valence-electron chi connectivity index (χ0n) is 9.54. The van der Waals surface area contributed by atoms with Crippen molar-refractivity contribution in [3.05, 3.63) is 28.0 Å². The Morgan fingerprint density at radius 2 is 2.28 bits per heavy atom. The minimum atomic E-state index is -0.598. The lowest BCUT2D eigenvalue weighted by Gasteiger charge is -2.16. The molecule has 1 aliphatic heterocycles. The Morgan fingerprint density at radius 1 is 1.56 bits per heavy atom. The second-order valence-electron chi connectivity index (χ2n) is 3.80. The van der Waals surface area contributed by atoms with Crippen molar-refractivity contribution >= 4 is 29.4 Å². The molecule has 0 radical (unpaired) electrons. The number of hydrazone groups is 1. The van der Waals surface area contributed by atoms with E-state index in [0.717, 1.165) is 25.9 Å². The average Bonchev–Trinajstić information content (AvgIpc) is 3.00. The van der Waals surface area contributed by atoms with Gasteiger partial charge >= 0.3 is 5.88 Å². The van der Waals surface area contributed by atoms with Crippen molar-refractivity contribution < 1.29 is 9.34 Å². The van der Waals surface area contributed by atoms with Gasteiger partial charge in [-0.1, -0.05) is 0 Å². The van der Waals surface area contributed by atoms with E-state index in [1.165, 1.54) is 18.3 Å². The molecule has 0 saturated carbocycles. The molecule has 1 fully saturated rings. The van der Waals surface area contributed by atoms with Gasteiger partial charge in [-0.2, -0.15) is 5.10 Å². The highest BCUT2D eigenvalue weighted by molar-refractivity contribution is 7.80. The summed E-state index contributed by atoms with van der Waals surface area (Å²) in [5.74, 6) is -0.00279. The number of nitrogens with zero attached hydrogens (tertiary/aromatic N) is 3. The van der Waals surface area contributed by atoms with Gasteiger partial charge in [0.1, 0.15) is 4.92 Å². The highest BCUT2D eigenvalue weighted by Crippen LogP contribution is 2.13. The first-order chi connectivity index (χ1) is 8.66. The van der Waals surface area contributed by atoms with E-state index in [-0.39, 0.29) is 5.88 Å². The smallest absolute Gasteiger partial charge is 0.400 e. The summed E-state index contributed by atoms with van der Waals surface area (Å²) in [5.41, 5.74) is 2.71. The summed E-state index contributed by atoms with van der Waals surface area (Å²) in [4.78, 5) is 11.8. The lowest BCUT2D eigenvalue weighted by atomic mass is 10.4. The number of hydrogen-bond donors (Lipinski definition) is 1. The molecule has 1 saturated heterocycles. The molecule has 8 heteroatoms. The molecule has 0 amide bonds. The molecule has 18 heavy (non-hydrogen) atoms. The Bertz CT molecular complexity index is 479. The molecule has 2 heterocycles. The minimum absolute atomic E-state index is 0.304. The summed E-state index contributed by atoms with van der Waals surface area (Å²) in [6.45, 7) is 1.88. The number of hydrogen-bond acceptors (Lipinski definition) is 5. The van der Waals surface area contributed by atoms with Crippen LogP contribution in [0.25, 0.3) is 0 Å². The molecule has 0 spiro atoms. The van der Waals surface area contributed by atoms with Gasteiger partial charge in [0.2, 0.25) is 0 Å². The van der Waals surface area contributed by atoms with Gasteiger partial charge in [-0.05, 0) is 31.1 Å². The van der Waals surface area contributed by atoms with Crippen LogP contribution in [0.4, 0.5) is 5.88 Å². The molecule has 96 valence electrons. The maximum absolute atomic E-state index is 10.4. The molecular weight excluding hydrogens is 256 g/mol. The lowest BCUT2D eigenvalue weighted by molar-refractivity contribution is -0.402. The lowest BCUT2D eigenvalue weighted by Crippen LogP contribution is -2.34. The van der Waals surface area contributed by atoms with Crippen molar-refractivity contribution in [2.45, 2.75) is 12.8 Å². The molecular formula is C10H12N4O3S. The van der Waals surface area contributed by atoms with Gasteiger partial charge in [-0.25, -0.2) is 0 Å². The van der Waals surface area contributed by atoms with Gasteiger partial charge in [-0.15, -0.1) is 0 Å². The van der Waals surface area contributed by atoms with Gasteiger partial charge in [0.25, 0.3) is 0 Å². The van der Waals surface area contributed by atoms with Gasteiger partial charge in [0.05, 0.1) is 12.3 Å². The first-order valence-corrected chi connectivity index (χ1v) is 5.90. The fraction of sp³-hybridized carbons (Fsp3) is 0.400. The van der Waals surface area contributed by atoms with Crippen molar-refractivity contribution in [1.29, 1.82) is 0 Å². The number of likely N-dealkylation sites (tertiary alicyclic amines) is 1. The predicted molar refractivity (Wildman–Crippen MR) is 69.5 cm³/mol. The topological polar surface area (TPSA) is 83.9 Å². The molecule has 7 nitrogen and oxygen atoms in total. The summed E-state index contributed by atoms with van der Waals surface area (Å²) in [7, 11) is 0. The Labute approximate surface area is 109 Å². The monoisotopic (exact) mass is 268 g/mol. The fourth-order valence-corrected chi connectivity index (χ4v) is 1.89. The van der Waals surface area contributed by atoms with Gasteiger partial charge < -0.3 is 9.32 Å². The molecule has 1 aromatic rings. The molecule has 0 atom stereocenters. The van der Waals surface area contributed by atoms with Gasteiger partial charge in [0, 0.05) is 13.1 Å². The average molecular weight is 268 g/mol. The summed E-state index contributed by atoms with van der Waals surface area (Å²) in [5, 5.41) is 14.8. The fourth-order valence-electron chi connectivity index (χ4n) is 1.65. The second kappa shape index (κ2) is 5.58. The van der Waals surface area contributed by atoms with Crippen LogP contribution in [0.2, 0.25) is 0 Å². The molecule has 0 bridgehead atoms. The van der Waals surface area contributed by atoms with Crippen LogP contribution in [0.15, 0.2) is 21.7 Å². The molecule has 2 rings (SSSR count).